The molecule has 0 amide bonds. The minimum absolute atomic E-state index is 0.00708. The van der Waals surface area contributed by atoms with Crippen LogP contribution in [0.25, 0.3) is 0 Å². The highest BCUT2D eigenvalue weighted by molar-refractivity contribution is 5.57. The van der Waals surface area contributed by atoms with Crippen molar-refractivity contribution in [3.8, 4) is 6.07 Å². The van der Waals surface area contributed by atoms with Gasteiger partial charge in [0.2, 0.25) is 0 Å². The standard InChI is InChI=1S/C13H12F3N3O/c14-13(15,16)10-4-1-8(5-17)11(18-10)19-6-12(20,7-19)9-2-3-9/h1,4,9,20H,2-3,6-7H2. The van der Waals surface area contributed by atoms with Crippen LogP contribution in [-0.2, 0) is 6.18 Å². The van der Waals surface area contributed by atoms with Gasteiger partial charge in [0.1, 0.15) is 23.2 Å². The Hall–Kier alpha value is -1.81. The number of halogens is 3. The Morgan fingerprint density at radius 2 is 2.00 bits per heavy atom. The first-order valence-corrected chi connectivity index (χ1v) is 6.29. The molecule has 0 bridgehead atoms. The number of β-amino-alcohol motifs (C(OH)–C–C–N with tert-alkyl or cyclic N) is 1. The first kappa shape index (κ1) is 13.2. The second kappa shape index (κ2) is 4.09. The predicted octanol–water partition coefficient (Wildman–Crippen LogP) is 1.93. The van der Waals surface area contributed by atoms with Gasteiger partial charge < -0.3 is 10.0 Å². The van der Waals surface area contributed by atoms with Gasteiger partial charge in [-0.3, -0.25) is 0 Å². The lowest BCUT2D eigenvalue weighted by Gasteiger charge is -2.48. The smallest absolute Gasteiger partial charge is 0.386 e. The number of pyridine rings is 1. The van der Waals surface area contributed by atoms with Crippen LogP contribution in [0, 0.1) is 17.2 Å². The van der Waals surface area contributed by atoms with E-state index in [1.165, 1.54) is 4.90 Å². The summed E-state index contributed by atoms with van der Waals surface area (Å²) in [5.74, 6) is 0.239. The molecule has 2 heterocycles. The predicted molar refractivity (Wildman–Crippen MR) is 63.8 cm³/mol. The second-order valence-corrected chi connectivity index (χ2v) is 5.41. The van der Waals surface area contributed by atoms with Gasteiger partial charge in [0.25, 0.3) is 0 Å². The summed E-state index contributed by atoms with van der Waals surface area (Å²) in [6, 6.07) is 3.77. The number of rotatable bonds is 2. The third-order valence-corrected chi connectivity index (χ3v) is 3.85. The molecule has 7 heteroatoms. The van der Waals surface area contributed by atoms with Gasteiger partial charge in [0, 0.05) is 0 Å². The molecule has 2 aliphatic rings. The van der Waals surface area contributed by atoms with E-state index in [9.17, 15) is 18.3 Å². The maximum atomic E-state index is 12.7. The van der Waals surface area contributed by atoms with Gasteiger partial charge in [-0.15, -0.1) is 0 Å². The zero-order valence-electron chi connectivity index (χ0n) is 10.5. The van der Waals surface area contributed by atoms with E-state index in [4.69, 9.17) is 5.26 Å². The summed E-state index contributed by atoms with van der Waals surface area (Å²) < 4.78 is 38.0. The Kier molecular flexibility index (Phi) is 2.70. The number of aliphatic hydroxyl groups is 1. The molecule has 1 aromatic rings. The summed E-state index contributed by atoms with van der Waals surface area (Å²) in [6.45, 7) is 0.474. The molecular formula is C13H12F3N3O. The fourth-order valence-corrected chi connectivity index (χ4v) is 2.58. The lowest BCUT2D eigenvalue weighted by Crippen LogP contribution is -2.63. The minimum Gasteiger partial charge on any atom is -0.386 e. The van der Waals surface area contributed by atoms with Gasteiger partial charge in [-0.25, -0.2) is 4.98 Å². The number of alkyl halides is 3. The Balaban J connectivity index is 1.87. The summed E-state index contributed by atoms with van der Waals surface area (Å²) in [6.07, 6.45) is -2.64. The van der Waals surface area contributed by atoms with E-state index in [0.717, 1.165) is 25.0 Å². The molecule has 106 valence electrons. The number of aromatic nitrogens is 1. The number of anilines is 1. The van der Waals surface area contributed by atoms with Crippen molar-refractivity contribution < 1.29 is 18.3 Å². The second-order valence-electron chi connectivity index (χ2n) is 5.41. The van der Waals surface area contributed by atoms with Gasteiger partial charge in [-0.05, 0) is 30.9 Å². The van der Waals surface area contributed by atoms with Crippen molar-refractivity contribution >= 4 is 5.82 Å². The fraction of sp³-hybridized carbons (Fsp3) is 0.538. The molecule has 1 N–H and O–H groups in total. The largest absolute Gasteiger partial charge is 0.433 e. The van der Waals surface area contributed by atoms with E-state index in [1.807, 2.05) is 6.07 Å². The molecule has 1 saturated carbocycles. The van der Waals surface area contributed by atoms with Crippen LogP contribution in [0.5, 0.6) is 0 Å². The van der Waals surface area contributed by atoms with E-state index in [-0.39, 0.29) is 30.4 Å². The van der Waals surface area contributed by atoms with Gasteiger partial charge in [-0.1, -0.05) is 0 Å². The summed E-state index contributed by atoms with van der Waals surface area (Å²) in [5, 5.41) is 19.2. The monoisotopic (exact) mass is 283 g/mol. The van der Waals surface area contributed by atoms with Crippen LogP contribution in [-0.4, -0.2) is 28.8 Å². The van der Waals surface area contributed by atoms with Crippen LogP contribution in [0.4, 0.5) is 19.0 Å². The molecule has 2 fully saturated rings. The molecule has 0 aromatic carbocycles. The van der Waals surface area contributed by atoms with Crippen molar-refractivity contribution in [1.29, 1.82) is 5.26 Å². The molecule has 0 radical (unpaired) electrons. The highest BCUT2D eigenvalue weighted by Gasteiger charge is 2.52. The van der Waals surface area contributed by atoms with Crippen molar-refractivity contribution in [2.45, 2.75) is 24.6 Å². The number of nitriles is 1. The normalized spacial score (nSPS) is 21.2. The Morgan fingerprint density at radius 1 is 1.35 bits per heavy atom. The average molecular weight is 283 g/mol. The highest BCUT2D eigenvalue weighted by Crippen LogP contribution is 2.46. The quantitative estimate of drug-likeness (QED) is 0.901. The van der Waals surface area contributed by atoms with E-state index >= 15 is 0 Å². The molecule has 1 aromatic heterocycles. The van der Waals surface area contributed by atoms with Crippen LogP contribution in [0.2, 0.25) is 0 Å². The number of nitrogens with zero attached hydrogens (tertiary/aromatic N) is 3. The average Bonchev–Trinajstić information content (AvgIpc) is 3.17. The van der Waals surface area contributed by atoms with Crippen LogP contribution in [0.15, 0.2) is 12.1 Å². The maximum absolute atomic E-state index is 12.7. The minimum atomic E-state index is -4.54. The van der Waals surface area contributed by atoms with Crippen LogP contribution in [0.1, 0.15) is 24.1 Å². The van der Waals surface area contributed by atoms with Crippen molar-refractivity contribution in [3.05, 3.63) is 23.4 Å². The van der Waals surface area contributed by atoms with Crippen LogP contribution < -0.4 is 4.90 Å². The molecule has 1 saturated heterocycles. The molecule has 4 nitrogen and oxygen atoms in total. The summed E-state index contributed by atoms with van der Waals surface area (Å²) in [4.78, 5) is 5.08. The topological polar surface area (TPSA) is 60.2 Å². The summed E-state index contributed by atoms with van der Waals surface area (Å²) in [7, 11) is 0. The van der Waals surface area contributed by atoms with E-state index in [1.54, 1.807) is 0 Å². The van der Waals surface area contributed by atoms with Crippen molar-refractivity contribution in [2.75, 3.05) is 18.0 Å². The Labute approximate surface area is 113 Å². The van der Waals surface area contributed by atoms with Crippen molar-refractivity contribution in [1.82, 2.24) is 4.98 Å². The fourth-order valence-electron chi connectivity index (χ4n) is 2.58. The Morgan fingerprint density at radius 3 is 2.50 bits per heavy atom. The van der Waals surface area contributed by atoms with Crippen LogP contribution >= 0.6 is 0 Å². The lowest BCUT2D eigenvalue weighted by molar-refractivity contribution is -0.141. The summed E-state index contributed by atoms with van der Waals surface area (Å²) >= 11 is 0. The third kappa shape index (κ3) is 2.10. The van der Waals surface area contributed by atoms with Crippen molar-refractivity contribution in [3.63, 3.8) is 0 Å². The van der Waals surface area contributed by atoms with Gasteiger partial charge in [0.05, 0.1) is 18.7 Å². The molecule has 1 aliphatic heterocycles. The molecule has 0 atom stereocenters. The molecule has 20 heavy (non-hydrogen) atoms. The van der Waals surface area contributed by atoms with E-state index < -0.39 is 17.5 Å². The lowest BCUT2D eigenvalue weighted by atomic mass is 9.88. The molecular weight excluding hydrogens is 271 g/mol. The zero-order valence-corrected chi connectivity index (χ0v) is 10.5. The molecule has 0 unspecified atom stereocenters. The first-order chi connectivity index (χ1) is 9.33. The van der Waals surface area contributed by atoms with Crippen LogP contribution in [0.3, 0.4) is 0 Å². The zero-order chi connectivity index (χ0) is 14.5. The van der Waals surface area contributed by atoms with E-state index in [2.05, 4.69) is 4.98 Å². The third-order valence-electron chi connectivity index (χ3n) is 3.85. The number of hydrogen-bond acceptors (Lipinski definition) is 4. The number of hydrogen-bond donors (Lipinski definition) is 1. The summed E-state index contributed by atoms with van der Waals surface area (Å²) in [5.41, 5.74) is -1.76. The Bertz CT molecular complexity index is 584. The van der Waals surface area contributed by atoms with Gasteiger partial charge >= 0.3 is 6.18 Å². The molecule has 1 aliphatic carbocycles. The molecule has 3 rings (SSSR count). The maximum Gasteiger partial charge on any atom is 0.433 e. The SMILES string of the molecule is N#Cc1ccc(C(F)(F)F)nc1N1CC(O)(C2CC2)C1. The highest BCUT2D eigenvalue weighted by atomic mass is 19.4. The molecule has 0 spiro atoms. The van der Waals surface area contributed by atoms with E-state index in [0.29, 0.717) is 0 Å². The first-order valence-electron chi connectivity index (χ1n) is 6.29. The van der Waals surface area contributed by atoms with Gasteiger partial charge in [-0.2, -0.15) is 18.4 Å². The van der Waals surface area contributed by atoms with Gasteiger partial charge in [0.15, 0.2) is 0 Å². The van der Waals surface area contributed by atoms with Crippen molar-refractivity contribution in [2.24, 2.45) is 5.92 Å².